The number of alkyl halides is 3. The van der Waals surface area contributed by atoms with E-state index in [0.29, 0.717) is 5.69 Å². The van der Waals surface area contributed by atoms with Crippen LogP contribution in [-0.2, 0) is 6.18 Å². The van der Waals surface area contributed by atoms with Crippen LogP contribution in [0, 0.1) is 11.3 Å². The molecule has 0 radical (unpaired) electrons. The Morgan fingerprint density at radius 1 is 1.24 bits per heavy atom. The van der Waals surface area contributed by atoms with Crippen LogP contribution in [0.3, 0.4) is 0 Å². The number of hydrogen-bond acceptors (Lipinski definition) is 1. The summed E-state index contributed by atoms with van der Waals surface area (Å²) in [5.41, 5.74) is -0.196. The molecule has 1 aromatic heterocycles. The number of hydrogen-bond donors (Lipinski definition) is 1. The minimum absolute atomic E-state index is 0.0782. The molecule has 1 heterocycles. The quantitative estimate of drug-likeness (QED) is 0.795. The van der Waals surface area contributed by atoms with E-state index in [4.69, 9.17) is 5.26 Å². The third kappa shape index (κ3) is 2.46. The summed E-state index contributed by atoms with van der Waals surface area (Å²) in [4.78, 5) is 2.39. The lowest BCUT2D eigenvalue weighted by Gasteiger charge is -2.21. The van der Waals surface area contributed by atoms with E-state index in [-0.39, 0.29) is 11.5 Å². The molecule has 0 aliphatic heterocycles. The summed E-state index contributed by atoms with van der Waals surface area (Å²) in [6.07, 6.45) is 0.508. The van der Waals surface area contributed by atoms with Gasteiger partial charge in [0, 0.05) is 11.6 Å². The molecular weight excluding hydrogens is 229 g/mol. The standard InChI is InChI=1S/C12H13F3N2/c13-12(14,15)10-6-9(7-16)11(17-10)8-4-2-1-3-5-8/h6,8,17H,1-5H2. The van der Waals surface area contributed by atoms with Gasteiger partial charge in [0.25, 0.3) is 0 Å². The van der Waals surface area contributed by atoms with E-state index in [1.807, 2.05) is 6.07 Å². The molecule has 0 spiro atoms. The molecule has 1 aliphatic carbocycles. The van der Waals surface area contributed by atoms with Crippen molar-refractivity contribution in [3.8, 4) is 6.07 Å². The van der Waals surface area contributed by atoms with E-state index < -0.39 is 11.9 Å². The zero-order chi connectivity index (χ0) is 12.5. The summed E-state index contributed by atoms with van der Waals surface area (Å²) in [5, 5.41) is 8.89. The van der Waals surface area contributed by atoms with Crippen molar-refractivity contribution in [3.05, 3.63) is 23.0 Å². The van der Waals surface area contributed by atoms with Gasteiger partial charge in [-0.3, -0.25) is 0 Å². The van der Waals surface area contributed by atoms with Crippen LogP contribution in [0.1, 0.15) is 55.0 Å². The molecule has 0 aromatic carbocycles. The van der Waals surface area contributed by atoms with Crippen molar-refractivity contribution in [2.45, 2.75) is 44.2 Å². The number of aromatic amines is 1. The van der Waals surface area contributed by atoms with Gasteiger partial charge in [0.15, 0.2) is 0 Å². The molecule has 0 atom stereocenters. The lowest BCUT2D eigenvalue weighted by Crippen LogP contribution is -2.08. The van der Waals surface area contributed by atoms with Crippen molar-refractivity contribution in [2.24, 2.45) is 0 Å². The molecule has 5 heteroatoms. The van der Waals surface area contributed by atoms with Crippen molar-refractivity contribution in [2.75, 3.05) is 0 Å². The average Bonchev–Trinajstić information content (AvgIpc) is 2.73. The summed E-state index contributed by atoms with van der Waals surface area (Å²) in [5.74, 6) is 0.0782. The minimum Gasteiger partial charge on any atom is -0.354 e. The molecule has 0 bridgehead atoms. The molecule has 0 unspecified atom stereocenters. The molecule has 1 N–H and O–H groups in total. The molecule has 2 nitrogen and oxygen atoms in total. The maximum atomic E-state index is 12.5. The predicted molar refractivity (Wildman–Crippen MR) is 56.3 cm³/mol. The Morgan fingerprint density at radius 2 is 1.88 bits per heavy atom. The highest BCUT2D eigenvalue weighted by Gasteiger charge is 2.34. The zero-order valence-electron chi connectivity index (χ0n) is 9.27. The fourth-order valence-corrected chi connectivity index (χ4v) is 2.43. The highest BCUT2D eigenvalue weighted by Crippen LogP contribution is 2.37. The first-order valence-electron chi connectivity index (χ1n) is 5.72. The number of halogens is 3. The highest BCUT2D eigenvalue weighted by molar-refractivity contribution is 5.39. The molecule has 0 saturated heterocycles. The molecule has 1 aromatic rings. The van der Waals surface area contributed by atoms with Crippen LogP contribution in [0.5, 0.6) is 0 Å². The third-order valence-electron chi connectivity index (χ3n) is 3.29. The molecule has 1 saturated carbocycles. The summed E-state index contributed by atoms with van der Waals surface area (Å²) in [7, 11) is 0. The fraction of sp³-hybridized carbons (Fsp3) is 0.583. The van der Waals surface area contributed by atoms with Crippen LogP contribution in [0.25, 0.3) is 0 Å². The molecule has 17 heavy (non-hydrogen) atoms. The number of nitriles is 1. The Labute approximate surface area is 97.4 Å². The third-order valence-corrected chi connectivity index (χ3v) is 3.29. The maximum Gasteiger partial charge on any atom is 0.431 e. The molecular formula is C12H13F3N2. The van der Waals surface area contributed by atoms with Crippen molar-refractivity contribution in [1.29, 1.82) is 5.26 Å². The predicted octanol–water partition coefficient (Wildman–Crippen LogP) is 3.95. The SMILES string of the molecule is N#Cc1cc(C(F)(F)F)[nH]c1C1CCCCC1. The van der Waals surface area contributed by atoms with Gasteiger partial charge in [-0.1, -0.05) is 19.3 Å². The molecule has 1 aliphatic rings. The zero-order valence-corrected chi connectivity index (χ0v) is 9.27. The van der Waals surface area contributed by atoms with Crippen molar-refractivity contribution < 1.29 is 13.2 Å². The minimum atomic E-state index is -4.40. The van der Waals surface area contributed by atoms with Crippen molar-refractivity contribution >= 4 is 0 Å². The number of rotatable bonds is 1. The Bertz CT molecular complexity index is 434. The normalized spacial score (nSPS) is 18.0. The van der Waals surface area contributed by atoms with E-state index in [1.165, 1.54) is 0 Å². The summed E-state index contributed by atoms with van der Waals surface area (Å²) < 4.78 is 37.6. The second-order valence-electron chi connectivity index (χ2n) is 4.45. The van der Waals surface area contributed by atoms with Crippen LogP contribution in [0.15, 0.2) is 6.07 Å². The number of nitrogens with one attached hydrogen (secondary N) is 1. The van der Waals surface area contributed by atoms with Gasteiger partial charge < -0.3 is 4.98 Å². The van der Waals surface area contributed by atoms with Gasteiger partial charge in [0.1, 0.15) is 11.8 Å². The Hall–Kier alpha value is -1.44. The highest BCUT2D eigenvalue weighted by atomic mass is 19.4. The van der Waals surface area contributed by atoms with Crippen LogP contribution in [0.4, 0.5) is 13.2 Å². The van der Waals surface area contributed by atoms with Gasteiger partial charge in [-0.05, 0) is 18.9 Å². The van der Waals surface area contributed by atoms with Gasteiger partial charge in [-0.15, -0.1) is 0 Å². The van der Waals surface area contributed by atoms with Crippen LogP contribution in [-0.4, -0.2) is 4.98 Å². The molecule has 1 fully saturated rings. The summed E-state index contributed by atoms with van der Waals surface area (Å²) in [6, 6.07) is 2.77. The van der Waals surface area contributed by atoms with Crippen LogP contribution >= 0.6 is 0 Å². The summed E-state index contributed by atoms with van der Waals surface area (Å²) in [6.45, 7) is 0. The molecule has 92 valence electrons. The second kappa shape index (κ2) is 4.44. The molecule has 0 amide bonds. The first-order chi connectivity index (χ1) is 8.02. The fourth-order valence-electron chi connectivity index (χ4n) is 2.43. The van der Waals surface area contributed by atoms with Gasteiger partial charge in [-0.2, -0.15) is 18.4 Å². The van der Waals surface area contributed by atoms with Crippen molar-refractivity contribution in [1.82, 2.24) is 4.98 Å². The Morgan fingerprint density at radius 3 is 2.41 bits per heavy atom. The topological polar surface area (TPSA) is 39.6 Å². The largest absolute Gasteiger partial charge is 0.431 e. The lowest BCUT2D eigenvalue weighted by atomic mass is 9.86. The second-order valence-corrected chi connectivity index (χ2v) is 4.45. The number of nitrogens with zero attached hydrogens (tertiary/aromatic N) is 1. The van der Waals surface area contributed by atoms with E-state index in [2.05, 4.69) is 4.98 Å². The summed E-state index contributed by atoms with van der Waals surface area (Å²) >= 11 is 0. The number of H-pyrrole nitrogens is 1. The van der Waals surface area contributed by atoms with Crippen molar-refractivity contribution in [3.63, 3.8) is 0 Å². The van der Waals surface area contributed by atoms with Crippen LogP contribution < -0.4 is 0 Å². The Balaban J connectivity index is 2.33. The van der Waals surface area contributed by atoms with Crippen LogP contribution in [0.2, 0.25) is 0 Å². The smallest absolute Gasteiger partial charge is 0.354 e. The van der Waals surface area contributed by atoms with Gasteiger partial charge in [0.05, 0.1) is 5.56 Å². The van der Waals surface area contributed by atoms with E-state index in [1.54, 1.807) is 0 Å². The average molecular weight is 242 g/mol. The van der Waals surface area contributed by atoms with Gasteiger partial charge >= 0.3 is 6.18 Å². The molecule has 2 rings (SSSR count). The first kappa shape index (κ1) is 12.0. The number of aromatic nitrogens is 1. The lowest BCUT2D eigenvalue weighted by molar-refractivity contribution is -0.140. The monoisotopic (exact) mass is 242 g/mol. The van der Waals surface area contributed by atoms with E-state index in [0.717, 1.165) is 38.2 Å². The maximum absolute atomic E-state index is 12.5. The van der Waals surface area contributed by atoms with Gasteiger partial charge in [-0.25, -0.2) is 0 Å². The first-order valence-corrected chi connectivity index (χ1v) is 5.72. The Kier molecular flexibility index (Phi) is 3.14. The van der Waals surface area contributed by atoms with E-state index >= 15 is 0 Å². The van der Waals surface area contributed by atoms with E-state index in [9.17, 15) is 13.2 Å². The van der Waals surface area contributed by atoms with Gasteiger partial charge in [0.2, 0.25) is 0 Å².